The zero-order valence-corrected chi connectivity index (χ0v) is 11.9. The first-order chi connectivity index (χ1) is 9.24. The number of benzene rings is 1. The van der Waals surface area contributed by atoms with Crippen molar-refractivity contribution in [1.82, 2.24) is 4.90 Å². The van der Waals surface area contributed by atoms with Gasteiger partial charge in [0.2, 0.25) is 0 Å². The van der Waals surface area contributed by atoms with Gasteiger partial charge in [0.05, 0.1) is 29.3 Å². The van der Waals surface area contributed by atoms with Crippen LogP contribution < -0.4 is 4.74 Å². The molecule has 0 spiro atoms. The second-order valence-corrected chi connectivity index (χ2v) is 5.56. The van der Waals surface area contributed by atoms with Crippen molar-refractivity contribution < 1.29 is 9.53 Å². The van der Waals surface area contributed by atoms with Gasteiger partial charge in [-0.2, -0.15) is 0 Å². The molecule has 0 bridgehead atoms. The Hall–Kier alpha value is -1.49. The van der Waals surface area contributed by atoms with Crippen molar-refractivity contribution in [2.24, 2.45) is 4.99 Å². The Kier molecular flexibility index (Phi) is 3.22. The largest absolute Gasteiger partial charge is 0.496 e. The molecule has 19 heavy (non-hydrogen) atoms. The van der Waals surface area contributed by atoms with E-state index < -0.39 is 0 Å². The van der Waals surface area contributed by atoms with Crippen LogP contribution in [0.2, 0.25) is 0 Å². The third-order valence-electron chi connectivity index (χ3n) is 3.68. The Morgan fingerprint density at radius 3 is 3.05 bits per heavy atom. The molecule has 1 aromatic carbocycles. The number of ether oxygens (including phenoxy) is 1. The number of methoxy groups -OCH3 is 1. The molecule has 1 unspecified atom stereocenters. The number of aliphatic imine (C=N–C) groups is 1. The number of carbonyl (C=O) groups excluding carboxylic acids is 1. The first-order valence-electron chi connectivity index (χ1n) is 6.35. The van der Waals surface area contributed by atoms with Crippen molar-refractivity contribution in [2.75, 3.05) is 19.9 Å². The molecule has 1 amide bonds. The summed E-state index contributed by atoms with van der Waals surface area (Å²) in [5, 5.41) is 0. The smallest absolute Gasteiger partial charge is 0.256 e. The first kappa shape index (κ1) is 12.5. The van der Waals surface area contributed by atoms with Crippen LogP contribution in [0, 0.1) is 0 Å². The Bertz CT molecular complexity index is 557. The highest BCUT2D eigenvalue weighted by Crippen LogP contribution is 2.37. The van der Waals surface area contributed by atoms with Crippen molar-refractivity contribution in [2.45, 2.75) is 23.8 Å². The van der Waals surface area contributed by atoms with E-state index in [2.05, 4.69) is 4.99 Å². The third-order valence-corrected chi connectivity index (χ3v) is 4.44. The molecule has 3 rings (SSSR count). The van der Waals surface area contributed by atoms with Gasteiger partial charge >= 0.3 is 0 Å². The van der Waals surface area contributed by atoms with Crippen LogP contribution in [0.5, 0.6) is 5.75 Å². The molecule has 1 atom stereocenters. The van der Waals surface area contributed by atoms with Crippen LogP contribution in [-0.4, -0.2) is 43.0 Å². The monoisotopic (exact) mass is 276 g/mol. The lowest BCUT2D eigenvalue weighted by Gasteiger charge is -2.20. The molecule has 0 N–H and O–H groups in total. The molecule has 1 aromatic rings. The molecule has 100 valence electrons. The number of rotatable bonds is 2. The van der Waals surface area contributed by atoms with E-state index in [1.807, 2.05) is 29.5 Å². The number of amides is 1. The summed E-state index contributed by atoms with van der Waals surface area (Å²) in [7, 11) is 1.63. The van der Waals surface area contributed by atoms with Crippen LogP contribution in [0.3, 0.4) is 0 Å². The summed E-state index contributed by atoms with van der Waals surface area (Å²) >= 11 is 1.60. The molecule has 2 aliphatic heterocycles. The molecule has 1 saturated heterocycles. The molecule has 0 aromatic heterocycles. The maximum atomic E-state index is 12.6. The Balaban J connectivity index is 2.12. The lowest BCUT2D eigenvalue weighted by atomic mass is 10.1. The molecule has 0 saturated carbocycles. The Morgan fingerprint density at radius 1 is 1.47 bits per heavy atom. The van der Waals surface area contributed by atoms with E-state index in [-0.39, 0.29) is 11.9 Å². The quantitative estimate of drug-likeness (QED) is 0.780. The molecule has 4 nitrogen and oxygen atoms in total. The van der Waals surface area contributed by atoms with Crippen LogP contribution in [0.4, 0.5) is 5.69 Å². The minimum atomic E-state index is 0.0703. The van der Waals surface area contributed by atoms with Crippen molar-refractivity contribution in [3.63, 3.8) is 0 Å². The fourth-order valence-electron chi connectivity index (χ4n) is 2.67. The Labute approximate surface area is 116 Å². The van der Waals surface area contributed by atoms with Crippen molar-refractivity contribution >= 4 is 29.6 Å². The van der Waals surface area contributed by atoms with Crippen molar-refractivity contribution in [3.05, 3.63) is 17.7 Å². The summed E-state index contributed by atoms with van der Waals surface area (Å²) in [6.07, 6.45) is 5.96. The zero-order chi connectivity index (χ0) is 13.4. The Morgan fingerprint density at radius 2 is 2.32 bits per heavy atom. The zero-order valence-electron chi connectivity index (χ0n) is 11.0. The number of thioether (sulfide) groups is 1. The SMILES string of the molecule is COc1cc2c(cc1SC)N=CC1CCCN1C2=O. The predicted octanol–water partition coefficient (Wildman–Crippen LogP) is 2.74. The van der Waals surface area contributed by atoms with Gasteiger partial charge in [-0.15, -0.1) is 11.8 Å². The number of nitrogens with zero attached hydrogens (tertiary/aromatic N) is 2. The van der Waals surface area contributed by atoms with Gasteiger partial charge in [-0.3, -0.25) is 9.79 Å². The van der Waals surface area contributed by atoms with Gasteiger partial charge in [-0.05, 0) is 31.2 Å². The second kappa shape index (κ2) is 4.89. The van der Waals surface area contributed by atoms with Crippen LogP contribution >= 0.6 is 11.8 Å². The highest BCUT2D eigenvalue weighted by Gasteiger charge is 2.32. The van der Waals surface area contributed by atoms with Gasteiger partial charge in [0.25, 0.3) is 5.91 Å². The fourth-order valence-corrected chi connectivity index (χ4v) is 3.24. The van der Waals surface area contributed by atoms with E-state index in [4.69, 9.17) is 4.74 Å². The highest BCUT2D eigenvalue weighted by atomic mass is 32.2. The molecule has 2 aliphatic rings. The summed E-state index contributed by atoms with van der Waals surface area (Å²) in [6, 6.07) is 3.92. The van der Waals surface area contributed by atoms with E-state index in [1.54, 1.807) is 18.9 Å². The minimum absolute atomic E-state index is 0.0703. The van der Waals surface area contributed by atoms with Gasteiger partial charge in [0.1, 0.15) is 5.75 Å². The molecular weight excluding hydrogens is 260 g/mol. The molecule has 0 radical (unpaired) electrons. The topological polar surface area (TPSA) is 41.9 Å². The number of hydrogen-bond donors (Lipinski definition) is 0. The first-order valence-corrected chi connectivity index (χ1v) is 7.58. The molecule has 2 heterocycles. The van der Waals surface area contributed by atoms with Crippen LogP contribution in [0.25, 0.3) is 0 Å². The number of fused-ring (bicyclic) bond motifs is 2. The maximum absolute atomic E-state index is 12.6. The lowest BCUT2D eigenvalue weighted by molar-refractivity contribution is 0.0774. The minimum Gasteiger partial charge on any atom is -0.496 e. The van der Waals surface area contributed by atoms with E-state index in [9.17, 15) is 4.79 Å². The summed E-state index contributed by atoms with van der Waals surface area (Å²) in [6.45, 7) is 0.821. The van der Waals surface area contributed by atoms with E-state index in [1.165, 1.54) is 0 Å². The number of carbonyl (C=O) groups is 1. The van der Waals surface area contributed by atoms with E-state index >= 15 is 0 Å². The van der Waals surface area contributed by atoms with Gasteiger partial charge in [-0.25, -0.2) is 0 Å². The van der Waals surface area contributed by atoms with Crippen molar-refractivity contribution in [3.8, 4) is 5.75 Å². The van der Waals surface area contributed by atoms with E-state index in [0.717, 1.165) is 35.7 Å². The van der Waals surface area contributed by atoms with Crippen LogP contribution in [0.15, 0.2) is 22.0 Å². The van der Waals surface area contributed by atoms with Crippen LogP contribution in [0.1, 0.15) is 23.2 Å². The van der Waals surface area contributed by atoms with Gasteiger partial charge in [0, 0.05) is 12.8 Å². The molecule has 1 fully saturated rings. The average Bonchev–Trinajstić information content (AvgIpc) is 2.87. The van der Waals surface area contributed by atoms with Gasteiger partial charge in [0.15, 0.2) is 0 Å². The summed E-state index contributed by atoms with van der Waals surface area (Å²) in [5.74, 6) is 0.813. The van der Waals surface area contributed by atoms with Gasteiger partial charge < -0.3 is 9.64 Å². The third kappa shape index (κ3) is 2.02. The lowest BCUT2D eigenvalue weighted by Crippen LogP contribution is -2.35. The predicted molar refractivity (Wildman–Crippen MR) is 77.0 cm³/mol. The fraction of sp³-hybridized carbons (Fsp3) is 0.429. The number of hydrogen-bond acceptors (Lipinski definition) is 4. The second-order valence-electron chi connectivity index (χ2n) is 4.71. The molecule has 5 heteroatoms. The molecular formula is C14H16N2O2S. The van der Waals surface area contributed by atoms with E-state index in [0.29, 0.717) is 5.56 Å². The standard InChI is InChI=1S/C14H16N2O2S/c1-18-12-6-10-11(7-13(12)19-2)15-8-9-4-3-5-16(9)14(10)17/h6-9H,3-5H2,1-2H3. The maximum Gasteiger partial charge on any atom is 0.256 e. The normalized spacial score (nSPS) is 21.1. The van der Waals surface area contributed by atoms with Gasteiger partial charge in [-0.1, -0.05) is 0 Å². The van der Waals surface area contributed by atoms with Crippen LogP contribution in [-0.2, 0) is 0 Å². The summed E-state index contributed by atoms with van der Waals surface area (Å²) < 4.78 is 5.36. The summed E-state index contributed by atoms with van der Waals surface area (Å²) in [4.78, 5) is 20.0. The van der Waals surface area contributed by atoms with Crippen molar-refractivity contribution in [1.29, 1.82) is 0 Å². The molecule has 0 aliphatic carbocycles. The summed E-state index contributed by atoms with van der Waals surface area (Å²) in [5.41, 5.74) is 1.40. The highest BCUT2D eigenvalue weighted by molar-refractivity contribution is 7.98. The average molecular weight is 276 g/mol.